The number of rotatable bonds is 7. The molecule has 0 saturated carbocycles. The van der Waals surface area contributed by atoms with Gasteiger partial charge < -0.3 is 15.7 Å². The molecule has 0 bridgehead atoms. The lowest BCUT2D eigenvalue weighted by molar-refractivity contribution is -0.385. The predicted molar refractivity (Wildman–Crippen MR) is 70.9 cm³/mol. The molecule has 104 valence electrons. The lowest BCUT2D eigenvalue weighted by Gasteiger charge is -2.06. The van der Waals surface area contributed by atoms with Crippen LogP contribution in [-0.2, 0) is 0 Å². The van der Waals surface area contributed by atoms with Crippen molar-refractivity contribution >= 4 is 23.1 Å². The van der Waals surface area contributed by atoms with E-state index in [-0.39, 0.29) is 17.3 Å². The lowest BCUT2D eigenvalue weighted by atomic mass is 10.2. The fourth-order valence-corrected chi connectivity index (χ4v) is 1.56. The Morgan fingerprint density at radius 2 is 2.26 bits per heavy atom. The number of amidine groups is 1. The molecule has 0 atom stereocenters. The van der Waals surface area contributed by atoms with E-state index in [1.165, 1.54) is 18.2 Å². The number of unbranched alkanes of at least 4 members (excludes halogenated alkanes) is 1. The topological polar surface area (TPSA) is 111 Å². The highest BCUT2D eigenvalue weighted by Gasteiger charge is 2.15. The Bertz CT molecular complexity index is 479. The minimum Gasteiger partial charge on any atom is -0.487 e. The minimum absolute atomic E-state index is 0.124. The van der Waals surface area contributed by atoms with Gasteiger partial charge in [0.2, 0.25) is 0 Å². The van der Waals surface area contributed by atoms with Gasteiger partial charge in [0.15, 0.2) is 5.75 Å². The first-order chi connectivity index (χ1) is 9.04. The van der Waals surface area contributed by atoms with Crippen LogP contribution < -0.4 is 10.5 Å². The molecule has 19 heavy (non-hydrogen) atoms. The summed E-state index contributed by atoms with van der Waals surface area (Å²) in [4.78, 5) is 10.2. The first-order valence-electron chi connectivity index (χ1n) is 5.57. The summed E-state index contributed by atoms with van der Waals surface area (Å²) in [6, 6.07) is 4.14. The van der Waals surface area contributed by atoms with Crippen LogP contribution >= 0.6 is 11.6 Å². The fraction of sp³-hybridized carbons (Fsp3) is 0.364. The molecule has 0 aliphatic heterocycles. The third kappa shape index (κ3) is 5.01. The van der Waals surface area contributed by atoms with E-state index < -0.39 is 4.92 Å². The van der Waals surface area contributed by atoms with Gasteiger partial charge in [-0.3, -0.25) is 10.1 Å². The molecule has 0 spiro atoms. The van der Waals surface area contributed by atoms with E-state index in [4.69, 9.17) is 27.3 Å². The van der Waals surface area contributed by atoms with Crippen LogP contribution in [0.15, 0.2) is 23.4 Å². The van der Waals surface area contributed by atoms with Gasteiger partial charge in [-0.15, -0.1) is 0 Å². The highest BCUT2D eigenvalue weighted by atomic mass is 35.5. The zero-order valence-corrected chi connectivity index (χ0v) is 10.8. The molecule has 1 rings (SSSR count). The van der Waals surface area contributed by atoms with Gasteiger partial charge in [-0.2, -0.15) is 0 Å². The molecule has 0 fully saturated rings. The predicted octanol–water partition coefficient (Wildman–Crippen LogP) is 2.54. The summed E-state index contributed by atoms with van der Waals surface area (Å²) < 4.78 is 5.33. The maximum Gasteiger partial charge on any atom is 0.311 e. The lowest BCUT2D eigenvalue weighted by Crippen LogP contribution is -2.11. The largest absolute Gasteiger partial charge is 0.487 e. The van der Waals surface area contributed by atoms with Crippen molar-refractivity contribution in [2.45, 2.75) is 19.3 Å². The highest BCUT2D eigenvalue weighted by molar-refractivity contribution is 6.30. The van der Waals surface area contributed by atoms with Gasteiger partial charge in [-0.25, -0.2) is 0 Å². The summed E-state index contributed by atoms with van der Waals surface area (Å²) >= 11 is 5.76. The summed E-state index contributed by atoms with van der Waals surface area (Å²) in [5.41, 5.74) is 5.18. The Balaban J connectivity index is 2.49. The Kier molecular flexibility index (Phi) is 5.87. The first-order valence-corrected chi connectivity index (χ1v) is 5.95. The molecule has 0 unspecified atom stereocenters. The van der Waals surface area contributed by atoms with E-state index in [1.54, 1.807) is 0 Å². The average molecular weight is 288 g/mol. The number of oxime groups is 1. The first kappa shape index (κ1) is 15.0. The maximum atomic E-state index is 10.8. The van der Waals surface area contributed by atoms with Crippen LogP contribution in [0.4, 0.5) is 5.69 Å². The van der Waals surface area contributed by atoms with Crippen LogP contribution in [0.3, 0.4) is 0 Å². The summed E-state index contributed by atoms with van der Waals surface area (Å²) in [6.45, 7) is 0.292. The van der Waals surface area contributed by atoms with Gasteiger partial charge >= 0.3 is 5.69 Å². The van der Waals surface area contributed by atoms with Crippen molar-refractivity contribution < 1.29 is 14.9 Å². The second-order valence-electron chi connectivity index (χ2n) is 3.77. The van der Waals surface area contributed by atoms with Crippen LogP contribution in [0.25, 0.3) is 0 Å². The Morgan fingerprint density at radius 1 is 1.53 bits per heavy atom. The van der Waals surface area contributed by atoms with Crippen molar-refractivity contribution in [2.75, 3.05) is 6.61 Å². The molecule has 1 aromatic rings. The van der Waals surface area contributed by atoms with Crippen LogP contribution in [0, 0.1) is 10.1 Å². The molecule has 3 N–H and O–H groups in total. The third-order valence-corrected chi connectivity index (χ3v) is 2.57. The standard InChI is InChI=1S/C11H14ClN3O4/c12-8-4-5-9(15(17)18)10(7-8)19-6-2-1-3-11(13)14-16/h4-5,7,16H,1-3,6H2,(H2,13,14). The summed E-state index contributed by atoms with van der Waals surface area (Å²) in [5, 5.41) is 22.3. The Morgan fingerprint density at radius 3 is 2.89 bits per heavy atom. The van der Waals surface area contributed by atoms with Gasteiger partial charge in [0.25, 0.3) is 0 Å². The third-order valence-electron chi connectivity index (χ3n) is 2.33. The second-order valence-corrected chi connectivity index (χ2v) is 4.20. The van der Waals surface area contributed by atoms with E-state index >= 15 is 0 Å². The fourth-order valence-electron chi connectivity index (χ4n) is 1.39. The molecule has 0 heterocycles. The molecule has 8 heteroatoms. The molecule has 1 aromatic carbocycles. The van der Waals surface area contributed by atoms with E-state index in [0.29, 0.717) is 30.9 Å². The number of hydrogen-bond donors (Lipinski definition) is 2. The molecule has 0 amide bonds. The molecular formula is C11H14ClN3O4. The van der Waals surface area contributed by atoms with Gasteiger partial charge in [0, 0.05) is 23.6 Å². The van der Waals surface area contributed by atoms with Crippen molar-refractivity contribution in [1.29, 1.82) is 0 Å². The molecule has 0 saturated heterocycles. The van der Waals surface area contributed by atoms with Crippen molar-refractivity contribution in [1.82, 2.24) is 0 Å². The normalized spacial score (nSPS) is 11.3. The molecular weight excluding hydrogens is 274 g/mol. The Hall–Kier alpha value is -2.02. The number of nitro groups is 1. The summed E-state index contributed by atoms with van der Waals surface area (Å²) in [6.07, 6.45) is 1.72. The molecule has 7 nitrogen and oxygen atoms in total. The van der Waals surface area contributed by atoms with Crippen LogP contribution in [0.5, 0.6) is 5.75 Å². The van der Waals surface area contributed by atoms with Crippen molar-refractivity contribution in [3.05, 3.63) is 33.3 Å². The van der Waals surface area contributed by atoms with Crippen LogP contribution in [0.1, 0.15) is 19.3 Å². The van der Waals surface area contributed by atoms with E-state index in [0.717, 1.165) is 0 Å². The SMILES string of the molecule is NC(CCCCOc1cc(Cl)ccc1[N+](=O)[O-])=NO. The molecule has 0 radical (unpaired) electrons. The number of halogens is 1. The molecule has 0 aliphatic rings. The van der Waals surface area contributed by atoms with Crippen LogP contribution in [0.2, 0.25) is 5.02 Å². The zero-order valence-electron chi connectivity index (χ0n) is 10.1. The molecule has 0 aliphatic carbocycles. The maximum absolute atomic E-state index is 10.8. The van der Waals surface area contributed by atoms with E-state index in [1.807, 2.05) is 0 Å². The van der Waals surface area contributed by atoms with Crippen molar-refractivity contribution in [3.8, 4) is 5.75 Å². The van der Waals surface area contributed by atoms with E-state index in [2.05, 4.69) is 5.16 Å². The number of benzene rings is 1. The van der Waals surface area contributed by atoms with Crippen LogP contribution in [-0.4, -0.2) is 22.6 Å². The van der Waals surface area contributed by atoms with Crippen molar-refractivity contribution in [2.24, 2.45) is 10.9 Å². The number of nitro benzene ring substituents is 1. The average Bonchev–Trinajstić information content (AvgIpc) is 2.37. The van der Waals surface area contributed by atoms with Crippen molar-refractivity contribution in [3.63, 3.8) is 0 Å². The quantitative estimate of drug-likeness (QED) is 0.200. The summed E-state index contributed by atoms with van der Waals surface area (Å²) in [5.74, 6) is 0.287. The highest BCUT2D eigenvalue weighted by Crippen LogP contribution is 2.29. The second kappa shape index (κ2) is 7.42. The number of nitrogens with zero attached hydrogens (tertiary/aromatic N) is 2. The van der Waals surface area contributed by atoms with Gasteiger partial charge in [0.1, 0.15) is 5.84 Å². The Labute approximate surface area is 114 Å². The van der Waals surface area contributed by atoms with Gasteiger partial charge in [-0.1, -0.05) is 16.8 Å². The monoisotopic (exact) mass is 287 g/mol. The zero-order chi connectivity index (χ0) is 14.3. The number of hydrogen-bond acceptors (Lipinski definition) is 5. The molecule has 0 aromatic heterocycles. The van der Waals surface area contributed by atoms with Gasteiger partial charge in [-0.05, 0) is 18.9 Å². The smallest absolute Gasteiger partial charge is 0.311 e. The summed E-state index contributed by atoms with van der Waals surface area (Å²) in [7, 11) is 0. The number of nitrogens with two attached hydrogens (primary N) is 1. The number of ether oxygens (including phenoxy) is 1. The van der Waals surface area contributed by atoms with E-state index in [9.17, 15) is 10.1 Å². The minimum atomic E-state index is -0.526. The van der Waals surface area contributed by atoms with Gasteiger partial charge in [0.05, 0.1) is 11.5 Å².